The van der Waals surface area contributed by atoms with Crippen molar-refractivity contribution in [3.63, 3.8) is 0 Å². The number of aromatic nitrogens is 2. The van der Waals surface area contributed by atoms with Crippen molar-refractivity contribution in [1.82, 2.24) is 15.1 Å². The minimum absolute atomic E-state index is 0.608. The van der Waals surface area contributed by atoms with Crippen LogP contribution in [0, 0.1) is 0 Å². The van der Waals surface area contributed by atoms with E-state index in [1.54, 1.807) is 0 Å². The van der Waals surface area contributed by atoms with Gasteiger partial charge in [-0.3, -0.25) is 4.68 Å². The summed E-state index contributed by atoms with van der Waals surface area (Å²) in [6.45, 7) is 5.34. The predicted molar refractivity (Wildman–Crippen MR) is 77.0 cm³/mol. The highest BCUT2D eigenvalue weighted by atomic mass is 16.3. The molecule has 1 saturated carbocycles. The molecule has 1 aliphatic carbocycles. The lowest BCUT2D eigenvalue weighted by atomic mass is 10.0. The fourth-order valence-corrected chi connectivity index (χ4v) is 2.93. The molecule has 0 saturated heterocycles. The Hall–Kier alpha value is -0.870. The standard InChI is InChI=1S/C15H27N3O/c1-3-9-15(2,19)12-16-11-13-8-10-18(17-13)14-6-4-5-7-14/h8,10,14,16,19H,3-7,9,11-12H2,1-2H3. The fraction of sp³-hybridized carbons (Fsp3) is 0.800. The maximum absolute atomic E-state index is 10.1. The molecule has 1 fully saturated rings. The molecule has 19 heavy (non-hydrogen) atoms. The molecule has 2 rings (SSSR count). The largest absolute Gasteiger partial charge is 0.389 e. The zero-order valence-corrected chi connectivity index (χ0v) is 12.2. The molecule has 1 aliphatic rings. The molecular weight excluding hydrogens is 238 g/mol. The topological polar surface area (TPSA) is 50.1 Å². The Balaban J connectivity index is 1.77. The molecule has 1 aromatic heterocycles. The summed E-state index contributed by atoms with van der Waals surface area (Å²) in [4.78, 5) is 0. The number of nitrogens with one attached hydrogen (secondary N) is 1. The van der Waals surface area contributed by atoms with Crippen LogP contribution in [0.2, 0.25) is 0 Å². The molecule has 4 heteroatoms. The normalized spacial score (nSPS) is 19.7. The summed E-state index contributed by atoms with van der Waals surface area (Å²) >= 11 is 0. The lowest BCUT2D eigenvalue weighted by molar-refractivity contribution is 0.0497. The van der Waals surface area contributed by atoms with Crippen LogP contribution in [0.1, 0.15) is 64.1 Å². The average Bonchev–Trinajstić information content (AvgIpc) is 2.98. The van der Waals surface area contributed by atoms with Crippen molar-refractivity contribution >= 4 is 0 Å². The molecular formula is C15H27N3O. The van der Waals surface area contributed by atoms with Crippen LogP contribution in [0.3, 0.4) is 0 Å². The summed E-state index contributed by atoms with van der Waals surface area (Å²) < 4.78 is 2.12. The highest BCUT2D eigenvalue weighted by molar-refractivity contribution is 5.00. The van der Waals surface area contributed by atoms with Gasteiger partial charge in [-0.2, -0.15) is 5.10 Å². The molecule has 4 nitrogen and oxygen atoms in total. The summed E-state index contributed by atoms with van der Waals surface area (Å²) in [5.74, 6) is 0. The predicted octanol–water partition coefficient (Wildman–Crippen LogP) is 2.64. The highest BCUT2D eigenvalue weighted by Gasteiger charge is 2.19. The fourth-order valence-electron chi connectivity index (χ4n) is 2.93. The van der Waals surface area contributed by atoms with E-state index in [9.17, 15) is 5.11 Å². The molecule has 0 aliphatic heterocycles. The van der Waals surface area contributed by atoms with Crippen LogP contribution in [0.15, 0.2) is 12.3 Å². The highest BCUT2D eigenvalue weighted by Crippen LogP contribution is 2.28. The lowest BCUT2D eigenvalue weighted by Gasteiger charge is -2.22. The van der Waals surface area contributed by atoms with Gasteiger partial charge in [0.15, 0.2) is 0 Å². The van der Waals surface area contributed by atoms with E-state index >= 15 is 0 Å². The summed E-state index contributed by atoms with van der Waals surface area (Å²) in [6.07, 6.45) is 9.12. The smallest absolute Gasteiger partial charge is 0.0762 e. The van der Waals surface area contributed by atoms with Gasteiger partial charge in [0.2, 0.25) is 0 Å². The van der Waals surface area contributed by atoms with Crippen molar-refractivity contribution in [3.8, 4) is 0 Å². The molecule has 0 bridgehead atoms. The van der Waals surface area contributed by atoms with E-state index < -0.39 is 5.60 Å². The summed E-state index contributed by atoms with van der Waals surface area (Å²) in [5.41, 5.74) is 0.460. The summed E-state index contributed by atoms with van der Waals surface area (Å²) in [6, 6.07) is 2.69. The number of rotatable bonds is 7. The number of hydrogen-bond acceptors (Lipinski definition) is 3. The molecule has 0 spiro atoms. The van der Waals surface area contributed by atoms with Crippen LogP contribution in [0.4, 0.5) is 0 Å². The first-order chi connectivity index (χ1) is 9.11. The average molecular weight is 265 g/mol. The van der Waals surface area contributed by atoms with Crippen molar-refractivity contribution < 1.29 is 5.11 Å². The van der Waals surface area contributed by atoms with E-state index in [4.69, 9.17) is 0 Å². The zero-order chi connectivity index (χ0) is 13.7. The maximum Gasteiger partial charge on any atom is 0.0762 e. The van der Waals surface area contributed by atoms with Crippen molar-refractivity contribution in [3.05, 3.63) is 18.0 Å². The van der Waals surface area contributed by atoms with Gasteiger partial charge in [0.25, 0.3) is 0 Å². The maximum atomic E-state index is 10.1. The quantitative estimate of drug-likeness (QED) is 0.797. The molecule has 2 N–H and O–H groups in total. The first-order valence-electron chi connectivity index (χ1n) is 7.58. The Kier molecular flexibility index (Phi) is 4.99. The van der Waals surface area contributed by atoms with Gasteiger partial charge >= 0.3 is 0 Å². The van der Waals surface area contributed by atoms with Gasteiger partial charge in [-0.1, -0.05) is 26.2 Å². The van der Waals surface area contributed by atoms with E-state index in [0.717, 1.165) is 25.1 Å². The molecule has 0 radical (unpaired) electrons. The third kappa shape index (κ3) is 4.32. The molecule has 108 valence electrons. The first-order valence-corrected chi connectivity index (χ1v) is 7.58. The van der Waals surface area contributed by atoms with Crippen LogP contribution in [0.25, 0.3) is 0 Å². The summed E-state index contributed by atoms with van der Waals surface area (Å²) in [5, 5.41) is 18.0. The van der Waals surface area contributed by atoms with Gasteiger partial charge in [-0.05, 0) is 32.3 Å². The third-order valence-corrected chi connectivity index (χ3v) is 3.96. The zero-order valence-electron chi connectivity index (χ0n) is 12.2. The molecule has 1 heterocycles. The second-order valence-corrected chi connectivity index (χ2v) is 6.08. The van der Waals surface area contributed by atoms with Crippen LogP contribution < -0.4 is 5.32 Å². The number of nitrogens with zero attached hydrogens (tertiary/aromatic N) is 2. The van der Waals surface area contributed by atoms with Crippen LogP contribution >= 0.6 is 0 Å². The van der Waals surface area contributed by atoms with E-state index in [2.05, 4.69) is 34.3 Å². The second-order valence-electron chi connectivity index (χ2n) is 6.08. The third-order valence-electron chi connectivity index (χ3n) is 3.96. The van der Waals surface area contributed by atoms with E-state index in [1.165, 1.54) is 25.7 Å². The molecule has 1 atom stereocenters. The van der Waals surface area contributed by atoms with E-state index in [-0.39, 0.29) is 0 Å². The van der Waals surface area contributed by atoms with Gasteiger partial charge in [0, 0.05) is 19.3 Å². The van der Waals surface area contributed by atoms with Gasteiger partial charge in [-0.25, -0.2) is 0 Å². The number of hydrogen-bond donors (Lipinski definition) is 2. The monoisotopic (exact) mass is 265 g/mol. The molecule has 0 amide bonds. The van der Waals surface area contributed by atoms with Gasteiger partial charge < -0.3 is 10.4 Å². The summed E-state index contributed by atoms with van der Waals surface area (Å²) in [7, 11) is 0. The molecule has 1 unspecified atom stereocenters. The Morgan fingerprint density at radius 1 is 1.47 bits per heavy atom. The molecule has 1 aromatic rings. The lowest BCUT2D eigenvalue weighted by Crippen LogP contribution is -2.37. The molecule has 0 aromatic carbocycles. The minimum Gasteiger partial charge on any atom is -0.389 e. The van der Waals surface area contributed by atoms with Gasteiger partial charge in [0.05, 0.1) is 17.3 Å². The number of aliphatic hydroxyl groups is 1. The second kappa shape index (κ2) is 6.53. The van der Waals surface area contributed by atoms with Gasteiger partial charge in [0.1, 0.15) is 0 Å². The van der Waals surface area contributed by atoms with Gasteiger partial charge in [-0.15, -0.1) is 0 Å². The minimum atomic E-state index is -0.608. The Morgan fingerprint density at radius 3 is 2.89 bits per heavy atom. The Morgan fingerprint density at radius 2 is 2.21 bits per heavy atom. The first kappa shape index (κ1) is 14.5. The van der Waals surface area contributed by atoms with Crippen LogP contribution in [-0.4, -0.2) is 27.0 Å². The SMILES string of the molecule is CCCC(C)(O)CNCc1ccn(C2CCCC2)n1. The van der Waals surface area contributed by atoms with E-state index in [0.29, 0.717) is 12.6 Å². The van der Waals surface area contributed by atoms with Crippen LogP contribution in [-0.2, 0) is 6.54 Å². The van der Waals surface area contributed by atoms with Crippen molar-refractivity contribution in [2.75, 3.05) is 6.54 Å². The Bertz CT molecular complexity index is 380. The van der Waals surface area contributed by atoms with Crippen molar-refractivity contribution in [2.45, 2.75) is 70.6 Å². The van der Waals surface area contributed by atoms with Crippen molar-refractivity contribution in [1.29, 1.82) is 0 Å². The van der Waals surface area contributed by atoms with Crippen molar-refractivity contribution in [2.24, 2.45) is 0 Å². The van der Waals surface area contributed by atoms with Crippen LogP contribution in [0.5, 0.6) is 0 Å². The Labute approximate surface area is 116 Å². The van der Waals surface area contributed by atoms with E-state index in [1.807, 2.05) is 6.92 Å².